The monoisotopic (exact) mass is 257 g/mol. The van der Waals surface area contributed by atoms with Gasteiger partial charge in [-0.25, -0.2) is 0 Å². The molecule has 3 heteroatoms. The van der Waals surface area contributed by atoms with Crippen molar-refractivity contribution in [3.8, 4) is 0 Å². The number of rotatable bonds is 5. The molecule has 0 spiro atoms. The van der Waals surface area contributed by atoms with E-state index in [9.17, 15) is 0 Å². The Bertz CT molecular complexity index is 339. The quantitative estimate of drug-likeness (QED) is 0.778. The SMILES string of the molecule is CC(C)CNCC=Cc1cc(Cl)cc(Cl)c1. The molecule has 0 atom stereocenters. The van der Waals surface area contributed by atoms with Gasteiger partial charge in [-0.3, -0.25) is 0 Å². The fraction of sp³-hybridized carbons (Fsp3) is 0.385. The molecule has 1 aromatic rings. The summed E-state index contributed by atoms with van der Waals surface area (Å²) in [4.78, 5) is 0. The van der Waals surface area contributed by atoms with Crippen molar-refractivity contribution < 1.29 is 0 Å². The van der Waals surface area contributed by atoms with Gasteiger partial charge in [0.25, 0.3) is 0 Å². The van der Waals surface area contributed by atoms with Crippen molar-refractivity contribution in [1.29, 1.82) is 0 Å². The van der Waals surface area contributed by atoms with Gasteiger partial charge in [-0.05, 0) is 36.2 Å². The van der Waals surface area contributed by atoms with Gasteiger partial charge in [0, 0.05) is 16.6 Å². The van der Waals surface area contributed by atoms with Gasteiger partial charge in [-0.1, -0.05) is 49.2 Å². The summed E-state index contributed by atoms with van der Waals surface area (Å²) in [5.74, 6) is 0.675. The molecule has 0 radical (unpaired) electrons. The fourth-order valence-electron chi connectivity index (χ4n) is 1.32. The molecule has 0 aliphatic heterocycles. The van der Waals surface area contributed by atoms with Gasteiger partial charge in [0.15, 0.2) is 0 Å². The van der Waals surface area contributed by atoms with Crippen LogP contribution < -0.4 is 5.32 Å². The van der Waals surface area contributed by atoms with Gasteiger partial charge in [-0.2, -0.15) is 0 Å². The Kier molecular flexibility index (Phi) is 5.89. The van der Waals surface area contributed by atoms with Gasteiger partial charge < -0.3 is 5.32 Å². The Morgan fingerprint density at radius 1 is 1.19 bits per heavy atom. The smallest absolute Gasteiger partial charge is 0.0426 e. The van der Waals surface area contributed by atoms with Gasteiger partial charge in [0.05, 0.1) is 0 Å². The van der Waals surface area contributed by atoms with Crippen molar-refractivity contribution in [2.75, 3.05) is 13.1 Å². The standard InChI is InChI=1S/C13H17Cl2N/c1-10(2)9-16-5-3-4-11-6-12(14)8-13(15)7-11/h3-4,6-8,10,16H,5,9H2,1-2H3. The number of halogens is 2. The third-order valence-corrected chi connectivity index (χ3v) is 2.45. The van der Waals surface area contributed by atoms with Crippen LogP contribution in [0.25, 0.3) is 6.08 Å². The lowest BCUT2D eigenvalue weighted by atomic mass is 10.2. The van der Waals surface area contributed by atoms with E-state index in [0.29, 0.717) is 16.0 Å². The third kappa shape index (κ3) is 5.55. The zero-order valence-corrected chi connectivity index (χ0v) is 11.1. The van der Waals surface area contributed by atoms with E-state index in [0.717, 1.165) is 18.7 Å². The second-order valence-electron chi connectivity index (χ2n) is 4.16. The minimum Gasteiger partial charge on any atom is -0.313 e. The lowest BCUT2D eigenvalue weighted by molar-refractivity contribution is 0.577. The van der Waals surface area contributed by atoms with Crippen molar-refractivity contribution in [2.45, 2.75) is 13.8 Å². The third-order valence-electron chi connectivity index (χ3n) is 2.01. The topological polar surface area (TPSA) is 12.0 Å². The van der Waals surface area contributed by atoms with E-state index in [2.05, 4.69) is 25.2 Å². The summed E-state index contributed by atoms with van der Waals surface area (Å²) in [5.41, 5.74) is 1.03. The van der Waals surface area contributed by atoms with Gasteiger partial charge in [0.1, 0.15) is 0 Å². The molecule has 0 aromatic heterocycles. The molecule has 1 nitrogen and oxygen atoms in total. The maximum atomic E-state index is 5.90. The molecule has 0 saturated heterocycles. The second-order valence-corrected chi connectivity index (χ2v) is 5.03. The summed E-state index contributed by atoms with van der Waals surface area (Å²) in [5, 5.41) is 4.67. The van der Waals surface area contributed by atoms with E-state index < -0.39 is 0 Å². The molecule has 1 rings (SSSR count). The van der Waals surface area contributed by atoms with E-state index in [1.165, 1.54) is 0 Å². The van der Waals surface area contributed by atoms with Gasteiger partial charge >= 0.3 is 0 Å². The molecule has 0 fully saturated rings. The van der Waals surface area contributed by atoms with Crippen LogP contribution in [0, 0.1) is 5.92 Å². The molecule has 0 saturated carbocycles. The Labute approximate surface area is 107 Å². The van der Waals surface area contributed by atoms with Crippen molar-refractivity contribution in [3.05, 3.63) is 39.9 Å². The zero-order valence-electron chi connectivity index (χ0n) is 9.63. The van der Waals surface area contributed by atoms with Crippen LogP contribution in [0.15, 0.2) is 24.3 Å². The van der Waals surface area contributed by atoms with E-state index in [1.54, 1.807) is 6.07 Å². The molecule has 0 aliphatic carbocycles. The number of benzene rings is 1. The van der Waals surface area contributed by atoms with Crippen molar-refractivity contribution in [3.63, 3.8) is 0 Å². The normalized spacial score (nSPS) is 11.6. The lowest BCUT2D eigenvalue weighted by Crippen LogP contribution is -2.19. The Morgan fingerprint density at radius 3 is 2.38 bits per heavy atom. The minimum absolute atomic E-state index is 0.669. The average molecular weight is 258 g/mol. The van der Waals surface area contributed by atoms with Crippen LogP contribution in [-0.4, -0.2) is 13.1 Å². The maximum Gasteiger partial charge on any atom is 0.0426 e. The van der Waals surface area contributed by atoms with Crippen molar-refractivity contribution >= 4 is 29.3 Å². The minimum atomic E-state index is 0.669. The predicted octanol–water partition coefficient (Wildman–Crippen LogP) is 4.25. The van der Waals surface area contributed by atoms with E-state index in [4.69, 9.17) is 23.2 Å². The molecule has 0 heterocycles. The first kappa shape index (κ1) is 13.6. The Hall–Kier alpha value is -0.500. The molecular weight excluding hydrogens is 241 g/mol. The Morgan fingerprint density at radius 2 is 1.81 bits per heavy atom. The summed E-state index contributed by atoms with van der Waals surface area (Å²) in [7, 11) is 0. The average Bonchev–Trinajstić information content (AvgIpc) is 2.15. The first-order valence-electron chi connectivity index (χ1n) is 5.41. The second kappa shape index (κ2) is 6.95. The molecular formula is C13H17Cl2N. The molecule has 0 amide bonds. The number of hydrogen-bond acceptors (Lipinski definition) is 1. The zero-order chi connectivity index (χ0) is 12.0. The van der Waals surface area contributed by atoms with Crippen LogP contribution in [0.5, 0.6) is 0 Å². The first-order valence-corrected chi connectivity index (χ1v) is 6.17. The lowest BCUT2D eigenvalue weighted by Gasteiger charge is -2.03. The van der Waals surface area contributed by atoms with Crippen LogP contribution >= 0.6 is 23.2 Å². The molecule has 16 heavy (non-hydrogen) atoms. The predicted molar refractivity (Wildman–Crippen MR) is 73.2 cm³/mol. The number of hydrogen-bond donors (Lipinski definition) is 1. The van der Waals surface area contributed by atoms with Crippen LogP contribution in [0.1, 0.15) is 19.4 Å². The van der Waals surface area contributed by atoms with Crippen molar-refractivity contribution in [1.82, 2.24) is 5.32 Å². The molecule has 0 unspecified atom stereocenters. The van der Waals surface area contributed by atoms with Crippen LogP contribution in [0.2, 0.25) is 10.0 Å². The first-order chi connectivity index (χ1) is 7.58. The molecule has 0 aliphatic rings. The van der Waals surface area contributed by atoms with Gasteiger partial charge in [-0.15, -0.1) is 0 Å². The summed E-state index contributed by atoms with van der Waals surface area (Å²) < 4.78 is 0. The van der Waals surface area contributed by atoms with E-state index in [-0.39, 0.29) is 0 Å². The van der Waals surface area contributed by atoms with Gasteiger partial charge in [0.2, 0.25) is 0 Å². The molecule has 88 valence electrons. The van der Waals surface area contributed by atoms with Crippen LogP contribution in [0.3, 0.4) is 0 Å². The summed E-state index contributed by atoms with van der Waals surface area (Å²) in [6.07, 6.45) is 4.09. The highest BCUT2D eigenvalue weighted by molar-refractivity contribution is 6.34. The van der Waals surface area contributed by atoms with Crippen LogP contribution in [-0.2, 0) is 0 Å². The summed E-state index contributed by atoms with van der Waals surface area (Å²) >= 11 is 11.8. The summed E-state index contributed by atoms with van der Waals surface area (Å²) in [6.45, 7) is 6.27. The highest BCUT2D eigenvalue weighted by Crippen LogP contribution is 2.19. The summed E-state index contributed by atoms with van der Waals surface area (Å²) in [6, 6.07) is 5.52. The highest BCUT2D eigenvalue weighted by atomic mass is 35.5. The molecule has 1 aromatic carbocycles. The highest BCUT2D eigenvalue weighted by Gasteiger charge is 1.94. The van der Waals surface area contributed by atoms with E-state index in [1.807, 2.05) is 18.2 Å². The Balaban J connectivity index is 2.43. The van der Waals surface area contributed by atoms with Crippen LogP contribution in [0.4, 0.5) is 0 Å². The molecule has 1 N–H and O–H groups in total. The number of nitrogens with one attached hydrogen (secondary N) is 1. The molecule has 0 bridgehead atoms. The van der Waals surface area contributed by atoms with E-state index >= 15 is 0 Å². The fourth-order valence-corrected chi connectivity index (χ4v) is 1.86. The largest absolute Gasteiger partial charge is 0.313 e. The maximum absolute atomic E-state index is 5.90. The van der Waals surface area contributed by atoms with Crippen molar-refractivity contribution in [2.24, 2.45) is 5.92 Å².